The van der Waals surface area contributed by atoms with E-state index in [0.29, 0.717) is 15.1 Å². The molecule has 5 heteroatoms. The lowest BCUT2D eigenvalue weighted by atomic mass is 10.2. The summed E-state index contributed by atoms with van der Waals surface area (Å²) >= 11 is 13.4. The molecule has 0 aliphatic heterocycles. The van der Waals surface area contributed by atoms with E-state index < -0.39 is 6.10 Å². The van der Waals surface area contributed by atoms with Crippen LogP contribution < -0.4 is 0 Å². The molecule has 0 bridgehead atoms. The first-order valence-electron chi connectivity index (χ1n) is 4.67. The Labute approximate surface area is 107 Å². The molecule has 84 valence electrons. The molecule has 1 aromatic carbocycles. The number of benzene rings is 1. The van der Waals surface area contributed by atoms with E-state index in [1.54, 1.807) is 13.0 Å². The van der Waals surface area contributed by atoms with E-state index in [1.165, 1.54) is 11.3 Å². The molecule has 0 spiro atoms. The van der Waals surface area contributed by atoms with Crippen LogP contribution in [0.4, 0.5) is 0 Å². The van der Waals surface area contributed by atoms with Crippen molar-refractivity contribution in [3.8, 4) is 11.3 Å². The molecule has 1 unspecified atom stereocenters. The van der Waals surface area contributed by atoms with Gasteiger partial charge in [0.25, 0.3) is 0 Å². The van der Waals surface area contributed by atoms with E-state index in [-0.39, 0.29) is 0 Å². The van der Waals surface area contributed by atoms with Crippen molar-refractivity contribution in [2.24, 2.45) is 0 Å². The molecule has 2 nitrogen and oxygen atoms in total. The SMILES string of the molecule is CC(O)c1nc(-c2cccc(Cl)c2Cl)cs1. The van der Waals surface area contributed by atoms with Crippen molar-refractivity contribution < 1.29 is 5.11 Å². The minimum absolute atomic E-state index is 0.492. The van der Waals surface area contributed by atoms with E-state index in [0.717, 1.165) is 11.3 Å². The van der Waals surface area contributed by atoms with Gasteiger partial charge in [0, 0.05) is 10.9 Å². The maximum Gasteiger partial charge on any atom is 0.122 e. The zero-order chi connectivity index (χ0) is 11.7. The second kappa shape index (κ2) is 4.72. The molecule has 0 saturated carbocycles. The Hall–Kier alpha value is -0.610. The summed E-state index contributed by atoms with van der Waals surface area (Å²) in [5, 5.41) is 12.9. The van der Waals surface area contributed by atoms with Crippen LogP contribution >= 0.6 is 34.5 Å². The summed E-state index contributed by atoms with van der Waals surface area (Å²) in [4.78, 5) is 4.31. The predicted octanol–water partition coefficient (Wildman–Crippen LogP) is 4.17. The van der Waals surface area contributed by atoms with Crippen LogP contribution in [0, 0.1) is 0 Å². The van der Waals surface area contributed by atoms with Gasteiger partial charge in [-0.15, -0.1) is 11.3 Å². The van der Waals surface area contributed by atoms with Crippen LogP contribution in [-0.2, 0) is 0 Å². The predicted molar refractivity (Wildman–Crippen MR) is 68.2 cm³/mol. The van der Waals surface area contributed by atoms with Crippen LogP contribution in [0.1, 0.15) is 18.0 Å². The van der Waals surface area contributed by atoms with Crippen LogP contribution in [0.5, 0.6) is 0 Å². The lowest BCUT2D eigenvalue weighted by molar-refractivity contribution is 0.199. The number of halogens is 2. The quantitative estimate of drug-likeness (QED) is 0.891. The third kappa shape index (κ3) is 2.23. The topological polar surface area (TPSA) is 33.1 Å². The van der Waals surface area contributed by atoms with Crippen molar-refractivity contribution in [2.45, 2.75) is 13.0 Å². The molecule has 0 saturated heterocycles. The first-order valence-corrected chi connectivity index (χ1v) is 6.31. The first-order chi connectivity index (χ1) is 7.59. The molecule has 0 radical (unpaired) electrons. The molecular weight excluding hydrogens is 265 g/mol. The lowest BCUT2D eigenvalue weighted by Crippen LogP contribution is -1.89. The van der Waals surface area contributed by atoms with Crippen molar-refractivity contribution in [3.63, 3.8) is 0 Å². The summed E-state index contributed by atoms with van der Waals surface area (Å²) in [7, 11) is 0. The van der Waals surface area contributed by atoms with Gasteiger partial charge in [-0.1, -0.05) is 35.3 Å². The molecule has 1 atom stereocenters. The molecule has 1 aromatic heterocycles. The molecule has 1 N–H and O–H groups in total. The number of nitrogens with zero attached hydrogens (tertiary/aromatic N) is 1. The third-order valence-electron chi connectivity index (χ3n) is 2.11. The first kappa shape index (κ1) is 11.9. The van der Waals surface area contributed by atoms with Crippen LogP contribution in [-0.4, -0.2) is 10.1 Å². The van der Waals surface area contributed by atoms with Crippen molar-refractivity contribution in [3.05, 3.63) is 38.6 Å². The molecule has 16 heavy (non-hydrogen) atoms. The Kier molecular flexibility index (Phi) is 3.50. The zero-order valence-corrected chi connectivity index (χ0v) is 10.8. The van der Waals surface area contributed by atoms with Crippen LogP contribution in [0.15, 0.2) is 23.6 Å². The van der Waals surface area contributed by atoms with Crippen molar-refractivity contribution in [1.29, 1.82) is 0 Å². The standard InChI is InChI=1S/C11H9Cl2NOS/c1-6(15)11-14-9(5-16-11)7-3-2-4-8(12)10(7)13/h2-6,15H,1H3. The highest BCUT2D eigenvalue weighted by molar-refractivity contribution is 7.10. The number of hydrogen-bond donors (Lipinski definition) is 1. The second-order valence-corrected chi connectivity index (χ2v) is 5.02. The maximum atomic E-state index is 9.40. The molecular formula is C11H9Cl2NOS. The van der Waals surface area contributed by atoms with Crippen molar-refractivity contribution >= 4 is 34.5 Å². The lowest BCUT2D eigenvalue weighted by Gasteiger charge is -2.02. The number of aromatic nitrogens is 1. The Bertz CT molecular complexity index is 510. The molecule has 0 aliphatic rings. The van der Waals surface area contributed by atoms with Gasteiger partial charge in [-0.2, -0.15) is 0 Å². The number of thiazole rings is 1. The Morgan fingerprint density at radius 3 is 2.75 bits per heavy atom. The van der Waals surface area contributed by atoms with E-state index in [9.17, 15) is 5.11 Å². The largest absolute Gasteiger partial charge is 0.386 e. The summed E-state index contributed by atoms with van der Waals surface area (Å²) < 4.78 is 0. The minimum atomic E-state index is -0.559. The zero-order valence-electron chi connectivity index (χ0n) is 8.45. The van der Waals surface area contributed by atoms with Gasteiger partial charge in [0.15, 0.2) is 0 Å². The van der Waals surface area contributed by atoms with E-state index in [2.05, 4.69) is 4.98 Å². The summed E-state index contributed by atoms with van der Waals surface area (Å²) in [6.45, 7) is 1.68. The second-order valence-electron chi connectivity index (χ2n) is 3.35. The van der Waals surface area contributed by atoms with E-state index in [1.807, 2.05) is 17.5 Å². The number of aliphatic hydroxyl groups excluding tert-OH is 1. The summed E-state index contributed by atoms with van der Waals surface area (Å²) in [6, 6.07) is 5.41. The Morgan fingerprint density at radius 2 is 2.12 bits per heavy atom. The van der Waals surface area contributed by atoms with Gasteiger partial charge in [-0.05, 0) is 13.0 Å². The van der Waals surface area contributed by atoms with Gasteiger partial charge >= 0.3 is 0 Å². The summed E-state index contributed by atoms with van der Waals surface area (Å²) in [6.07, 6.45) is -0.559. The smallest absolute Gasteiger partial charge is 0.122 e. The van der Waals surface area contributed by atoms with Crippen LogP contribution in [0.2, 0.25) is 10.0 Å². The highest BCUT2D eigenvalue weighted by atomic mass is 35.5. The number of aliphatic hydroxyl groups is 1. The van der Waals surface area contributed by atoms with E-state index >= 15 is 0 Å². The fraction of sp³-hybridized carbons (Fsp3) is 0.182. The van der Waals surface area contributed by atoms with Crippen LogP contribution in [0.3, 0.4) is 0 Å². The maximum absolute atomic E-state index is 9.40. The van der Waals surface area contributed by atoms with Gasteiger partial charge in [0.2, 0.25) is 0 Å². The number of hydrogen-bond acceptors (Lipinski definition) is 3. The third-order valence-corrected chi connectivity index (χ3v) is 3.94. The summed E-state index contributed by atoms with van der Waals surface area (Å²) in [5.41, 5.74) is 1.53. The molecule has 2 aromatic rings. The number of rotatable bonds is 2. The highest BCUT2D eigenvalue weighted by Crippen LogP contribution is 2.34. The fourth-order valence-corrected chi connectivity index (χ4v) is 2.46. The van der Waals surface area contributed by atoms with E-state index in [4.69, 9.17) is 23.2 Å². The molecule has 2 rings (SSSR count). The van der Waals surface area contributed by atoms with Gasteiger partial charge in [0.1, 0.15) is 11.1 Å². The monoisotopic (exact) mass is 273 g/mol. The van der Waals surface area contributed by atoms with Gasteiger partial charge in [0.05, 0.1) is 15.7 Å². The molecule has 0 amide bonds. The fourth-order valence-electron chi connectivity index (χ4n) is 1.30. The minimum Gasteiger partial charge on any atom is -0.386 e. The average Bonchev–Trinajstić information content (AvgIpc) is 2.71. The Morgan fingerprint density at radius 1 is 1.38 bits per heavy atom. The Balaban J connectivity index is 2.47. The van der Waals surface area contributed by atoms with Gasteiger partial charge < -0.3 is 5.11 Å². The van der Waals surface area contributed by atoms with Crippen molar-refractivity contribution in [1.82, 2.24) is 4.98 Å². The molecule has 0 aliphatic carbocycles. The molecule has 0 fully saturated rings. The van der Waals surface area contributed by atoms with Crippen molar-refractivity contribution in [2.75, 3.05) is 0 Å². The average molecular weight is 274 g/mol. The van der Waals surface area contributed by atoms with Gasteiger partial charge in [-0.3, -0.25) is 0 Å². The van der Waals surface area contributed by atoms with Gasteiger partial charge in [-0.25, -0.2) is 4.98 Å². The van der Waals surface area contributed by atoms with Crippen LogP contribution in [0.25, 0.3) is 11.3 Å². The normalized spacial score (nSPS) is 12.8. The highest BCUT2D eigenvalue weighted by Gasteiger charge is 2.12. The molecule has 1 heterocycles. The summed E-state index contributed by atoms with van der Waals surface area (Å²) in [5.74, 6) is 0.